The second-order valence-corrected chi connectivity index (χ2v) is 5.04. The zero-order chi connectivity index (χ0) is 13.8. The molecule has 1 aromatic heterocycles. The fourth-order valence-corrected chi connectivity index (χ4v) is 2.19. The van der Waals surface area contributed by atoms with Crippen LogP contribution < -0.4 is 4.74 Å². The van der Waals surface area contributed by atoms with Crippen LogP contribution in [-0.4, -0.2) is 16.1 Å². The molecule has 0 bridgehead atoms. The third kappa shape index (κ3) is 3.45. The second kappa shape index (κ2) is 6.04. The molecule has 0 spiro atoms. The molecule has 0 aliphatic heterocycles. The van der Waals surface area contributed by atoms with Gasteiger partial charge in [-0.05, 0) is 34.1 Å². The fourth-order valence-electron chi connectivity index (χ4n) is 1.53. The van der Waals surface area contributed by atoms with E-state index >= 15 is 0 Å². The van der Waals surface area contributed by atoms with Gasteiger partial charge in [0.2, 0.25) is 0 Å². The van der Waals surface area contributed by atoms with Crippen LogP contribution in [0.4, 0.5) is 0 Å². The molecule has 1 aromatic carbocycles. The molecule has 0 saturated carbocycles. The molecule has 0 saturated heterocycles. The summed E-state index contributed by atoms with van der Waals surface area (Å²) in [6.07, 6.45) is 3.31. The summed E-state index contributed by atoms with van der Waals surface area (Å²) in [5.74, 6) is -0.882. The van der Waals surface area contributed by atoms with Crippen molar-refractivity contribution in [3.05, 3.63) is 57.3 Å². The molecule has 2 rings (SSSR count). The quantitative estimate of drug-likeness (QED) is 0.918. The van der Waals surface area contributed by atoms with Crippen LogP contribution in [0, 0.1) is 0 Å². The summed E-state index contributed by atoms with van der Waals surface area (Å²) in [7, 11) is 0. The van der Waals surface area contributed by atoms with Crippen molar-refractivity contribution in [2.45, 2.75) is 6.61 Å². The maximum Gasteiger partial charge on any atom is 0.341 e. The number of carboxylic acids is 1. The third-order valence-electron chi connectivity index (χ3n) is 2.35. The summed E-state index contributed by atoms with van der Waals surface area (Å²) in [6.45, 7) is 0.215. The van der Waals surface area contributed by atoms with Gasteiger partial charge in [-0.3, -0.25) is 4.98 Å². The van der Waals surface area contributed by atoms with Gasteiger partial charge in [0.15, 0.2) is 0 Å². The lowest BCUT2D eigenvalue weighted by Gasteiger charge is -2.10. The van der Waals surface area contributed by atoms with Gasteiger partial charge >= 0.3 is 5.97 Å². The van der Waals surface area contributed by atoms with Crippen LogP contribution in [-0.2, 0) is 6.61 Å². The number of benzene rings is 1. The highest BCUT2D eigenvalue weighted by Crippen LogP contribution is 2.27. The van der Waals surface area contributed by atoms with Crippen molar-refractivity contribution < 1.29 is 14.6 Å². The maximum atomic E-state index is 11.1. The first-order valence-corrected chi connectivity index (χ1v) is 6.49. The van der Waals surface area contributed by atoms with E-state index in [9.17, 15) is 4.79 Å². The minimum Gasteiger partial charge on any atom is -0.488 e. The van der Waals surface area contributed by atoms with E-state index in [4.69, 9.17) is 21.4 Å². The first kappa shape index (κ1) is 13.8. The largest absolute Gasteiger partial charge is 0.488 e. The summed E-state index contributed by atoms with van der Waals surface area (Å²) in [6, 6.07) is 6.57. The first-order chi connectivity index (χ1) is 9.08. The van der Waals surface area contributed by atoms with Crippen molar-refractivity contribution >= 4 is 33.5 Å². The Bertz CT molecular complexity index is 619. The van der Waals surface area contributed by atoms with Crippen molar-refractivity contribution in [2.24, 2.45) is 0 Å². The van der Waals surface area contributed by atoms with Gasteiger partial charge in [-0.25, -0.2) is 4.79 Å². The average Bonchev–Trinajstić information content (AvgIpc) is 2.36. The molecule has 0 fully saturated rings. The Morgan fingerprint density at radius 1 is 1.42 bits per heavy atom. The molecule has 0 unspecified atom stereocenters. The van der Waals surface area contributed by atoms with Crippen LogP contribution in [0.3, 0.4) is 0 Å². The van der Waals surface area contributed by atoms with Crippen molar-refractivity contribution in [3.8, 4) is 5.75 Å². The molecule has 1 heterocycles. The fraction of sp³-hybridized carbons (Fsp3) is 0.0769. The first-order valence-electron chi connectivity index (χ1n) is 5.32. The molecule has 4 nitrogen and oxygen atoms in total. The number of hydrogen-bond donors (Lipinski definition) is 1. The van der Waals surface area contributed by atoms with Gasteiger partial charge in [-0.15, -0.1) is 0 Å². The number of aromatic carboxylic acids is 1. The summed E-state index contributed by atoms with van der Waals surface area (Å²) in [4.78, 5) is 15.1. The van der Waals surface area contributed by atoms with Crippen LogP contribution in [0.25, 0.3) is 0 Å². The van der Waals surface area contributed by atoms with E-state index in [1.807, 2.05) is 6.07 Å². The molecule has 98 valence electrons. The number of carbonyl (C=O) groups is 1. The van der Waals surface area contributed by atoms with Gasteiger partial charge in [0, 0.05) is 22.4 Å². The lowest BCUT2D eigenvalue weighted by molar-refractivity contribution is 0.0692. The summed E-state index contributed by atoms with van der Waals surface area (Å²) < 4.78 is 6.33. The Labute approximate surface area is 123 Å². The predicted molar refractivity (Wildman–Crippen MR) is 74.7 cm³/mol. The highest BCUT2D eigenvalue weighted by Gasteiger charge is 2.15. The van der Waals surface area contributed by atoms with Crippen molar-refractivity contribution in [1.82, 2.24) is 4.98 Å². The van der Waals surface area contributed by atoms with Crippen LogP contribution in [0.1, 0.15) is 15.9 Å². The topological polar surface area (TPSA) is 59.4 Å². The second-order valence-electron chi connectivity index (χ2n) is 3.72. The minimum absolute atomic E-state index is 0.0351. The van der Waals surface area contributed by atoms with Crippen molar-refractivity contribution in [3.63, 3.8) is 0 Å². The molecule has 0 amide bonds. The highest BCUT2D eigenvalue weighted by atomic mass is 79.9. The lowest BCUT2D eigenvalue weighted by Crippen LogP contribution is -2.04. The molecule has 1 N–H and O–H groups in total. The SMILES string of the molecule is O=C(O)c1c(Cl)cccc1OCc1cncc(Br)c1. The van der Waals surface area contributed by atoms with Gasteiger partial charge in [0.25, 0.3) is 0 Å². The van der Waals surface area contributed by atoms with Crippen LogP contribution in [0.2, 0.25) is 5.02 Å². The number of halogens is 2. The predicted octanol–water partition coefficient (Wildman–Crippen LogP) is 3.77. The molecular formula is C13H9BrClNO3. The number of pyridine rings is 1. The van der Waals surface area contributed by atoms with Crippen LogP contribution >= 0.6 is 27.5 Å². The number of aromatic nitrogens is 1. The summed E-state index contributed by atoms with van der Waals surface area (Å²) >= 11 is 9.16. The zero-order valence-corrected chi connectivity index (χ0v) is 12.0. The molecule has 0 radical (unpaired) electrons. The van der Waals surface area contributed by atoms with E-state index in [2.05, 4.69) is 20.9 Å². The Morgan fingerprint density at radius 3 is 2.89 bits per heavy atom. The van der Waals surface area contributed by atoms with Gasteiger partial charge in [-0.2, -0.15) is 0 Å². The molecule has 0 atom stereocenters. The number of rotatable bonds is 4. The molecule has 6 heteroatoms. The highest BCUT2D eigenvalue weighted by molar-refractivity contribution is 9.10. The molecular weight excluding hydrogens is 334 g/mol. The third-order valence-corrected chi connectivity index (χ3v) is 3.09. The van der Waals surface area contributed by atoms with Crippen LogP contribution in [0.5, 0.6) is 5.75 Å². The summed E-state index contributed by atoms with van der Waals surface area (Å²) in [5.41, 5.74) is 0.790. The van der Waals surface area contributed by atoms with E-state index in [1.165, 1.54) is 6.07 Å². The van der Waals surface area contributed by atoms with E-state index in [0.29, 0.717) is 0 Å². The minimum atomic E-state index is -1.12. The van der Waals surface area contributed by atoms with Gasteiger partial charge < -0.3 is 9.84 Å². The van der Waals surface area contributed by atoms with Gasteiger partial charge in [-0.1, -0.05) is 17.7 Å². The Hall–Kier alpha value is -1.59. The molecule has 19 heavy (non-hydrogen) atoms. The Morgan fingerprint density at radius 2 is 2.21 bits per heavy atom. The number of nitrogens with zero attached hydrogens (tertiary/aromatic N) is 1. The monoisotopic (exact) mass is 341 g/mol. The molecule has 0 aliphatic rings. The maximum absolute atomic E-state index is 11.1. The molecule has 2 aromatic rings. The summed E-state index contributed by atoms with van der Waals surface area (Å²) in [5, 5.41) is 9.25. The van der Waals surface area contributed by atoms with Gasteiger partial charge in [0.05, 0.1) is 5.02 Å². The lowest BCUT2D eigenvalue weighted by atomic mass is 10.2. The molecule has 0 aliphatic carbocycles. The number of carboxylic acid groups (broad SMARTS) is 1. The van der Waals surface area contributed by atoms with E-state index in [0.717, 1.165) is 10.0 Å². The Balaban J connectivity index is 2.20. The Kier molecular flexibility index (Phi) is 4.39. The number of hydrogen-bond acceptors (Lipinski definition) is 3. The number of ether oxygens (including phenoxy) is 1. The van der Waals surface area contributed by atoms with E-state index in [-0.39, 0.29) is 22.9 Å². The van der Waals surface area contributed by atoms with Crippen molar-refractivity contribution in [2.75, 3.05) is 0 Å². The van der Waals surface area contributed by atoms with Gasteiger partial charge in [0.1, 0.15) is 17.9 Å². The standard InChI is InChI=1S/C13H9BrClNO3/c14-9-4-8(5-16-6-9)7-19-11-3-1-2-10(15)12(11)13(17)18/h1-6H,7H2,(H,17,18). The zero-order valence-electron chi connectivity index (χ0n) is 9.64. The van der Waals surface area contributed by atoms with Crippen molar-refractivity contribution in [1.29, 1.82) is 0 Å². The van der Waals surface area contributed by atoms with E-state index < -0.39 is 5.97 Å². The normalized spacial score (nSPS) is 10.2. The smallest absolute Gasteiger partial charge is 0.341 e. The van der Waals surface area contributed by atoms with Crippen LogP contribution in [0.15, 0.2) is 41.1 Å². The average molecular weight is 343 g/mol. The van der Waals surface area contributed by atoms with E-state index in [1.54, 1.807) is 24.5 Å².